The van der Waals surface area contributed by atoms with Crippen LogP contribution in [0.15, 0.2) is 0 Å². The van der Waals surface area contributed by atoms with Gasteiger partial charge in [0.2, 0.25) is 0 Å². The van der Waals surface area contributed by atoms with E-state index in [0.717, 1.165) is 19.6 Å². The molecular weight excluding hydrogens is 238 g/mol. The molecule has 0 aliphatic rings. The van der Waals surface area contributed by atoms with Gasteiger partial charge in [-0.3, -0.25) is 4.79 Å². The van der Waals surface area contributed by atoms with Crippen LogP contribution in [0.3, 0.4) is 0 Å². The first-order valence-electron chi connectivity index (χ1n) is 8.03. The molecule has 0 aromatic rings. The van der Waals surface area contributed by atoms with E-state index >= 15 is 0 Å². The molecule has 0 radical (unpaired) electrons. The molecule has 0 aliphatic heterocycles. The molecule has 0 N–H and O–H groups in total. The van der Waals surface area contributed by atoms with Gasteiger partial charge in [0, 0.05) is 6.54 Å². The summed E-state index contributed by atoms with van der Waals surface area (Å²) in [5, 5.41) is 0. The van der Waals surface area contributed by atoms with E-state index in [1.54, 1.807) is 0 Å². The highest BCUT2D eigenvalue weighted by Gasteiger charge is 2.08. The number of methoxy groups -OCH3 is 1. The number of carbonyl (C=O) groups excluding carboxylic acids is 1. The van der Waals surface area contributed by atoms with Crippen LogP contribution in [-0.2, 0) is 9.53 Å². The van der Waals surface area contributed by atoms with Crippen LogP contribution >= 0.6 is 0 Å². The zero-order valence-electron chi connectivity index (χ0n) is 13.2. The lowest BCUT2D eigenvalue weighted by molar-refractivity contribution is -0.141. The van der Waals surface area contributed by atoms with Crippen LogP contribution in [0.2, 0.25) is 0 Å². The van der Waals surface area contributed by atoms with E-state index in [0.29, 0.717) is 6.42 Å². The Morgan fingerprint density at radius 1 is 0.842 bits per heavy atom. The van der Waals surface area contributed by atoms with Crippen molar-refractivity contribution in [1.29, 1.82) is 0 Å². The highest BCUT2D eigenvalue weighted by atomic mass is 16.5. The second kappa shape index (κ2) is 13.9. The molecule has 0 bridgehead atoms. The van der Waals surface area contributed by atoms with E-state index < -0.39 is 0 Å². The number of ether oxygens (including phenoxy) is 1. The third-order valence-electron chi connectivity index (χ3n) is 3.52. The number of hydrogen-bond acceptors (Lipinski definition) is 3. The molecule has 0 spiro atoms. The summed E-state index contributed by atoms with van der Waals surface area (Å²) in [5.74, 6) is -0.0906. The van der Waals surface area contributed by atoms with Gasteiger partial charge in [-0.15, -0.1) is 0 Å². The van der Waals surface area contributed by atoms with Crippen molar-refractivity contribution in [3.63, 3.8) is 0 Å². The first-order valence-corrected chi connectivity index (χ1v) is 8.03. The number of rotatable bonds is 13. The molecule has 0 rings (SSSR count). The number of esters is 1. The van der Waals surface area contributed by atoms with Crippen molar-refractivity contribution < 1.29 is 9.53 Å². The third kappa shape index (κ3) is 12.2. The first-order chi connectivity index (χ1) is 9.24. The fourth-order valence-corrected chi connectivity index (χ4v) is 2.21. The van der Waals surface area contributed by atoms with Gasteiger partial charge in [-0.25, -0.2) is 0 Å². The minimum absolute atomic E-state index is 0.0906. The molecule has 0 aromatic heterocycles. The molecule has 19 heavy (non-hydrogen) atoms. The standard InChI is InChI=1S/C16H33NO2/c1-4-6-8-10-13-17(14-11-9-7-5-2)15-12-16(18)19-3/h4-15H2,1-3H3. The van der Waals surface area contributed by atoms with Crippen LogP contribution in [0.1, 0.15) is 71.6 Å². The second-order valence-corrected chi connectivity index (χ2v) is 5.29. The second-order valence-electron chi connectivity index (χ2n) is 5.29. The minimum Gasteiger partial charge on any atom is -0.469 e. The Kier molecular flexibility index (Phi) is 13.4. The molecule has 0 atom stereocenters. The summed E-state index contributed by atoms with van der Waals surface area (Å²) < 4.78 is 4.72. The van der Waals surface area contributed by atoms with Crippen LogP contribution in [0.5, 0.6) is 0 Å². The average Bonchev–Trinajstić information content (AvgIpc) is 2.44. The summed E-state index contributed by atoms with van der Waals surface area (Å²) in [6.45, 7) is 7.58. The van der Waals surface area contributed by atoms with Gasteiger partial charge in [-0.2, -0.15) is 0 Å². The lowest BCUT2D eigenvalue weighted by Crippen LogP contribution is -2.29. The maximum absolute atomic E-state index is 11.2. The first kappa shape index (κ1) is 18.4. The number of hydrogen-bond donors (Lipinski definition) is 0. The monoisotopic (exact) mass is 271 g/mol. The molecule has 3 heteroatoms. The molecule has 3 nitrogen and oxygen atoms in total. The predicted octanol–water partition coefficient (Wildman–Crippen LogP) is 4.01. The van der Waals surface area contributed by atoms with Crippen molar-refractivity contribution in [2.24, 2.45) is 0 Å². The van der Waals surface area contributed by atoms with Crippen LogP contribution in [0, 0.1) is 0 Å². The fraction of sp³-hybridized carbons (Fsp3) is 0.938. The van der Waals surface area contributed by atoms with Crippen molar-refractivity contribution in [3.8, 4) is 0 Å². The SMILES string of the molecule is CCCCCCN(CCCCCC)CCC(=O)OC. The van der Waals surface area contributed by atoms with Gasteiger partial charge in [0.1, 0.15) is 0 Å². The van der Waals surface area contributed by atoms with Gasteiger partial charge in [-0.1, -0.05) is 52.4 Å². The Labute approximate surface area is 119 Å². The fourth-order valence-electron chi connectivity index (χ4n) is 2.21. The normalized spacial score (nSPS) is 10.9. The van der Waals surface area contributed by atoms with Gasteiger partial charge >= 0.3 is 5.97 Å². The zero-order chi connectivity index (χ0) is 14.3. The smallest absolute Gasteiger partial charge is 0.306 e. The molecule has 0 amide bonds. The van der Waals surface area contributed by atoms with E-state index in [1.807, 2.05) is 0 Å². The lowest BCUT2D eigenvalue weighted by Gasteiger charge is -2.21. The van der Waals surface area contributed by atoms with E-state index in [9.17, 15) is 4.79 Å². The quantitative estimate of drug-likeness (QED) is 0.374. The Bertz CT molecular complexity index is 195. The average molecular weight is 271 g/mol. The molecule has 0 saturated carbocycles. The van der Waals surface area contributed by atoms with Gasteiger partial charge in [0.05, 0.1) is 13.5 Å². The van der Waals surface area contributed by atoms with Crippen molar-refractivity contribution >= 4 is 5.97 Å². The highest BCUT2D eigenvalue weighted by molar-refractivity contribution is 5.69. The Balaban J connectivity index is 3.81. The van der Waals surface area contributed by atoms with E-state index in [4.69, 9.17) is 4.74 Å². The molecule has 0 saturated heterocycles. The number of unbranched alkanes of at least 4 members (excludes halogenated alkanes) is 6. The Morgan fingerprint density at radius 3 is 1.79 bits per heavy atom. The molecule has 0 fully saturated rings. The van der Waals surface area contributed by atoms with Gasteiger partial charge in [0.15, 0.2) is 0 Å². The largest absolute Gasteiger partial charge is 0.469 e. The molecule has 0 aromatic carbocycles. The van der Waals surface area contributed by atoms with E-state index in [1.165, 1.54) is 58.5 Å². The van der Waals surface area contributed by atoms with E-state index in [2.05, 4.69) is 18.7 Å². The van der Waals surface area contributed by atoms with E-state index in [-0.39, 0.29) is 5.97 Å². The van der Waals surface area contributed by atoms with Crippen molar-refractivity contribution in [2.45, 2.75) is 71.6 Å². The Morgan fingerprint density at radius 2 is 1.37 bits per heavy atom. The minimum atomic E-state index is -0.0906. The van der Waals surface area contributed by atoms with Gasteiger partial charge < -0.3 is 9.64 Å². The molecule has 0 heterocycles. The maximum Gasteiger partial charge on any atom is 0.306 e. The van der Waals surface area contributed by atoms with Gasteiger partial charge in [0.25, 0.3) is 0 Å². The van der Waals surface area contributed by atoms with Crippen LogP contribution in [0.4, 0.5) is 0 Å². The molecular formula is C16H33NO2. The summed E-state index contributed by atoms with van der Waals surface area (Å²) in [6, 6.07) is 0. The highest BCUT2D eigenvalue weighted by Crippen LogP contribution is 2.06. The third-order valence-corrected chi connectivity index (χ3v) is 3.52. The van der Waals surface area contributed by atoms with Crippen LogP contribution in [0.25, 0.3) is 0 Å². The molecule has 0 aliphatic carbocycles. The summed E-state index contributed by atoms with van der Waals surface area (Å²) in [7, 11) is 1.47. The predicted molar refractivity (Wildman–Crippen MR) is 81.4 cm³/mol. The summed E-state index contributed by atoms with van der Waals surface area (Å²) in [5.41, 5.74) is 0. The van der Waals surface area contributed by atoms with Crippen molar-refractivity contribution in [1.82, 2.24) is 4.90 Å². The zero-order valence-corrected chi connectivity index (χ0v) is 13.2. The molecule has 0 unspecified atom stereocenters. The summed E-state index contributed by atoms with van der Waals surface area (Å²) >= 11 is 0. The lowest BCUT2D eigenvalue weighted by atomic mass is 10.1. The molecule has 114 valence electrons. The van der Waals surface area contributed by atoms with Gasteiger partial charge in [-0.05, 0) is 25.9 Å². The topological polar surface area (TPSA) is 29.5 Å². The number of carbonyl (C=O) groups is 1. The summed E-state index contributed by atoms with van der Waals surface area (Å²) in [6.07, 6.45) is 10.8. The van der Waals surface area contributed by atoms with Crippen LogP contribution in [-0.4, -0.2) is 37.6 Å². The number of nitrogens with zero attached hydrogens (tertiary/aromatic N) is 1. The Hall–Kier alpha value is -0.570. The van der Waals surface area contributed by atoms with Crippen LogP contribution < -0.4 is 0 Å². The maximum atomic E-state index is 11.2. The van der Waals surface area contributed by atoms with Crippen molar-refractivity contribution in [2.75, 3.05) is 26.7 Å². The summed E-state index contributed by atoms with van der Waals surface area (Å²) in [4.78, 5) is 13.7. The van der Waals surface area contributed by atoms with Crippen molar-refractivity contribution in [3.05, 3.63) is 0 Å².